The molecule has 3 rings (SSSR count). The molecular formula is C18H20N2O4S. The minimum Gasteiger partial charge on any atom is -0.497 e. The predicted molar refractivity (Wildman–Crippen MR) is 95.8 cm³/mol. The highest BCUT2D eigenvalue weighted by atomic mass is 32.2. The Hall–Kier alpha value is -2.38. The second kappa shape index (κ2) is 7.25. The average molecular weight is 360 g/mol. The van der Waals surface area contributed by atoms with Gasteiger partial charge in [0, 0.05) is 37.4 Å². The number of anilines is 1. The quantitative estimate of drug-likeness (QED) is 0.763. The summed E-state index contributed by atoms with van der Waals surface area (Å²) < 4.78 is 32.1. The van der Waals surface area contributed by atoms with Crippen LogP contribution >= 0.6 is 0 Å². The fourth-order valence-corrected chi connectivity index (χ4v) is 4.27. The SMILES string of the molecule is COc1ccc(S(=O)(=O)N2CCN(c3ccc(C=O)cc3)CC2)cc1. The van der Waals surface area contributed by atoms with Gasteiger partial charge in [-0.3, -0.25) is 4.79 Å². The Labute approximate surface area is 147 Å². The largest absolute Gasteiger partial charge is 0.497 e. The van der Waals surface area contributed by atoms with Crippen LogP contribution in [0.1, 0.15) is 10.4 Å². The molecule has 2 aromatic rings. The first kappa shape index (κ1) is 17.4. The lowest BCUT2D eigenvalue weighted by Gasteiger charge is -2.35. The third-order valence-electron chi connectivity index (χ3n) is 4.33. The second-order valence-electron chi connectivity index (χ2n) is 5.78. The van der Waals surface area contributed by atoms with Gasteiger partial charge in [-0.15, -0.1) is 0 Å². The lowest BCUT2D eigenvalue weighted by Crippen LogP contribution is -2.48. The van der Waals surface area contributed by atoms with Gasteiger partial charge in [0.25, 0.3) is 0 Å². The maximum absolute atomic E-state index is 12.7. The number of hydrogen-bond acceptors (Lipinski definition) is 5. The monoisotopic (exact) mass is 360 g/mol. The van der Waals surface area contributed by atoms with Gasteiger partial charge in [0.05, 0.1) is 12.0 Å². The first-order valence-corrected chi connectivity index (χ1v) is 9.43. The van der Waals surface area contributed by atoms with Gasteiger partial charge in [-0.25, -0.2) is 8.42 Å². The number of rotatable bonds is 5. The molecule has 0 radical (unpaired) electrons. The number of carbonyl (C=O) groups is 1. The van der Waals surface area contributed by atoms with E-state index in [0.29, 0.717) is 37.5 Å². The third-order valence-corrected chi connectivity index (χ3v) is 6.24. The Balaban J connectivity index is 1.68. The molecule has 0 bridgehead atoms. The van der Waals surface area contributed by atoms with Crippen LogP contribution in [0.15, 0.2) is 53.4 Å². The molecule has 1 aliphatic heterocycles. The minimum atomic E-state index is -3.50. The zero-order chi connectivity index (χ0) is 17.9. The Morgan fingerprint density at radius 2 is 1.52 bits per heavy atom. The molecule has 0 amide bonds. The molecule has 25 heavy (non-hydrogen) atoms. The molecule has 1 heterocycles. The van der Waals surface area contributed by atoms with Crippen LogP contribution in [-0.4, -0.2) is 52.3 Å². The maximum atomic E-state index is 12.7. The molecule has 0 aliphatic carbocycles. The van der Waals surface area contributed by atoms with Gasteiger partial charge in [-0.2, -0.15) is 4.31 Å². The van der Waals surface area contributed by atoms with Crippen molar-refractivity contribution in [2.75, 3.05) is 38.2 Å². The molecule has 0 aromatic heterocycles. The predicted octanol–water partition coefficient (Wildman–Crippen LogP) is 2.02. The molecule has 0 saturated carbocycles. The molecule has 0 N–H and O–H groups in total. The van der Waals surface area contributed by atoms with Crippen LogP contribution in [0.5, 0.6) is 5.75 Å². The first-order valence-electron chi connectivity index (χ1n) is 7.99. The fraction of sp³-hybridized carbons (Fsp3) is 0.278. The lowest BCUT2D eigenvalue weighted by atomic mass is 10.2. The molecule has 6 nitrogen and oxygen atoms in total. The van der Waals surface area contributed by atoms with Crippen molar-refractivity contribution >= 4 is 22.0 Å². The molecule has 2 aromatic carbocycles. The number of methoxy groups -OCH3 is 1. The highest BCUT2D eigenvalue weighted by Crippen LogP contribution is 2.23. The van der Waals surface area contributed by atoms with Gasteiger partial charge in [0.1, 0.15) is 12.0 Å². The summed E-state index contributed by atoms with van der Waals surface area (Å²) in [4.78, 5) is 13.1. The van der Waals surface area contributed by atoms with E-state index in [1.165, 1.54) is 4.31 Å². The van der Waals surface area contributed by atoms with E-state index in [4.69, 9.17) is 4.74 Å². The van der Waals surface area contributed by atoms with Crippen LogP contribution in [0, 0.1) is 0 Å². The first-order chi connectivity index (χ1) is 12.0. The van der Waals surface area contributed by atoms with Crippen LogP contribution in [0.2, 0.25) is 0 Å². The number of hydrogen-bond donors (Lipinski definition) is 0. The Morgan fingerprint density at radius 1 is 0.920 bits per heavy atom. The molecule has 0 spiro atoms. The number of piperazine rings is 1. The van der Waals surface area contributed by atoms with E-state index in [1.54, 1.807) is 43.5 Å². The number of aldehydes is 1. The van der Waals surface area contributed by atoms with Crippen molar-refractivity contribution in [3.63, 3.8) is 0 Å². The lowest BCUT2D eigenvalue weighted by molar-refractivity contribution is 0.112. The van der Waals surface area contributed by atoms with Crippen molar-refractivity contribution < 1.29 is 17.9 Å². The van der Waals surface area contributed by atoms with Gasteiger partial charge < -0.3 is 9.64 Å². The summed E-state index contributed by atoms with van der Waals surface area (Å²) in [5.41, 5.74) is 1.62. The Bertz CT molecular complexity index is 824. The van der Waals surface area contributed by atoms with Gasteiger partial charge in [-0.1, -0.05) is 0 Å². The van der Waals surface area contributed by atoms with Crippen LogP contribution in [0.4, 0.5) is 5.69 Å². The van der Waals surface area contributed by atoms with Gasteiger partial charge >= 0.3 is 0 Å². The van der Waals surface area contributed by atoms with Crippen molar-refractivity contribution in [1.29, 1.82) is 0 Å². The van der Waals surface area contributed by atoms with E-state index in [2.05, 4.69) is 4.90 Å². The summed E-state index contributed by atoms with van der Waals surface area (Å²) in [6.45, 7) is 2.05. The van der Waals surface area contributed by atoms with Crippen LogP contribution in [-0.2, 0) is 10.0 Å². The smallest absolute Gasteiger partial charge is 0.243 e. The van der Waals surface area contributed by atoms with E-state index >= 15 is 0 Å². The molecular weight excluding hydrogens is 340 g/mol. The number of ether oxygens (including phenoxy) is 1. The van der Waals surface area contributed by atoms with Gasteiger partial charge in [-0.05, 0) is 48.5 Å². The van der Waals surface area contributed by atoms with E-state index < -0.39 is 10.0 Å². The summed E-state index contributed by atoms with van der Waals surface area (Å²) in [7, 11) is -1.95. The van der Waals surface area contributed by atoms with Gasteiger partial charge in [0.2, 0.25) is 10.0 Å². The Morgan fingerprint density at radius 3 is 2.04 bits per heavy atom. The van der Waals surface area contributed by atoms with Gasteiger partial charge in [0.15, 0.2) is 0 Å². The van der Waals surface area contributed by atoms with Crippen molar-refractivity contribution in [3.8, 4) is 5.75 Å². The molecule has 1 saturated heterocycles. The topological polar surface area (TPSA) is 66.9 Å². The number of benzene rings is 2. The molecule has 0 atom stereocenters. The van der Waals surface area contributed by atoms with Crippen molar-refractivity contribution in [1.82, 2.24) is 4.31 Å². The summed E-state index contributed by atoms with van der Waals surface area (Å²) in [5, 5.41) is 0. The standard InChI is InChI=1S/C18H20N2O4S/c1-24-17-6-8-18(9-7-17)25(22,23)20-12-10-19(11-13-20)16-4-2-15(14-21)3-5-16/h2-9,14H,10-13H2,1H3. The second-order valence-corrected chi connectivity index (χ2v) is 7.71. The number of sulfonamides is 1. The zero-order valence-corrected chi connectivity index (χ0v) is 14.8. The van der Waals surface area contributed by atoms with E-state index in [9.17, 15) is 13.2 Å². The van der Waals surface area contributed by atoms with E-state index in [0.717, 1.165) is 12.0 Å². The fourth-order valence-electron chi connectivity index (χ4n) is 2.85. The summed E-state index contributed by atoms with van der Waals surface area (Å²) in [6, 6.07) is 13.7. The summed E-state index contributed by atoms with van der Waals surface area (Å²) in [6.07, 6.45) is 0.809. The van der Waals surface area contributed by atoms with Crippen molar-refractivity contribution in [2.45, 2.75) is 4.90 Å². The number of nitrogens with zero attached hydrogens (tertiary/aromatic N) is 2. The minimum absolute atomic E-state index is 0.275. The number of carbonyl (C=O) groups excluding carboxylic acids is 1. The molecule has 132 valence electrons. The van der Waals surface area contributed by atoms with Crippen molar-refractivity contribution in [2.24, 2.45) is 0 Å². The van der Waals surface area contributed by atoms with E-state index in [-0.39, 0.29) is 4.90 Å². The zero-order valence-electron chi connectivity index (χ0n) is 14.0. The van der Waals surface area contributed by atoms with Crippen LogP contribution in [0.3, 0.4) is 0 Å². The summed E-state index contributed by atoms with van der Waals surface area (Å²) >= 11 is 0. The maximum Gasteiger partial charge on any atom is 0.243 e. The van der Waals surface area contributed by atoms with Crippen LogP contribution < -0.4 is 9.64 Å². The van der Waals surface area contributed by atoms with Crippen molar-refractivity contribution in [3.05, 3.63) is 54.1 Å². The normalized spacial score (nSPS) is 15.8. The average Bonchev–Trinajstić information content (AvgIpc) is 2.68. The molecule has 1 fully saturated rings. The molecule has 7 heteroatoms. The van der Waals surface area contributed by atoms with Crippen LogP contribution in [0.25, 0.3) is 0 Å². The molecule has 0 unspecified atom stereocenters. The highest BCUT2D eigenvalue weighted by Gasteiger charge is 2.28. The third kappa shape index (κ3) is 3.67. The highest BCUT2D eigenvalue weighted by molar-refractivity contribution is 7.89. The molecule has 1 aliphatic rings. The summed E-state index contributed by atoms with van der Waals surface area (Å²) in [5.74, 6) is 0.627. The Kier molecular flexibility index (Phi) is 5.06. The van der Waals surface area contributed by atoms with E-state index in [1.807, 2.05) is 12.1 Å².